The van der Waals surface area contributed by atoms with Crippen molar-refractivity contribution in [1.82, 2.24) is 14.8 Å². The molecule has 1 aliphatic heterocycles. The van der Waals surface area contributed by atoms with Crippen LogP contribution < -0.4 is 4.74 Å². The van der Waals surface area contributed by atoms with Gasteiger partial charge in [-0.1, -0.05) is 24.3 Å². The van der Waals surface area contributed by atoms with E-state index in [9.17, 15) is 0 Å². The molecule has 5 heteroatoms. The van der Waals surface area contributed by atoms with Crippen molar-refractivity contribution in [1.29, 1.82) is 0 Å². The maximum Gasteiger partial charge on any atom is 0.119 e. The van der Waals surface area contributed by atoms with Gasteiger partial charge in [-0.05, 0) is 29.8 Å². The molecule has 4 rings (SSSR count). The molecule has 25 heavy (non-hydrogen) atoms. The molecule has 0 bridgehead atoms. The van der Waals surface area contributed by atoms with Gasteiger partial charge in [-0.25, -0.2) is 4.98 Å². The molecule has 0 radical (unpaired) electrons. The predicted octanol–water partition coefficient (Wildman–Crippen LogP) is 3.62. The zero-order valence-corrected chi connectivity index (χ0v) is 15.3. The third kappa shape index (κ3) is 4.00. The first-order chi connectivity index (χ1) is 12.3. The highest BCUT2D eigenvalue weighted by Crippen LogP contribution is 2.23. The lowest BCUT2D eigenvalue weighted by Crippen LogP contribution is -2.45. The quantitative estimate of drug-likeness (QED) is 0.700. The van der Waals surface area contributed by atoms with E-state index in [1.807, 2.05) is 17.4 Å². The predicted molar refractivity (Wildman–Crippen MR) is 103 cm³/mol. The van der Waals surface area contributed by atoms with E-state index >= 15 is 0 Å². The first-order valence-electron chi connectivity index (χ1n) is 8.72. The fourth-order valence-electron chi connectivity index (χ4n) is 3.31. The van der Waals surface area contributed by atoms with Gasteiger partial charge in [-0.2, -0.15) is 0 Å². The van der Waals surface area contributed by atoms with Gasteiger partial charge < -0.3 is 4.74 Å². The molecular weight excluding hydrogens is 330 g/mol. The average molecular weight is 353 g/mol. The number of aromatic nitrogens is 1. The lowest BCUT2D eigenvalue weighted by atomic mass is 10.2. The van der Waals surface area contributed by atoms with E-state index in [1.165, 1.54) is 15.3 Å². The number of fused-ring (bicyclic) bond motifs is 1. The maximum atomic E-state index is 5.32. The van der Waals surface area contributed by atoms with Gasteiger partial charge in [0.2, 0.25) is 0 Å². The first kappa shape index (κ1) is 16.5. The van der Waals surface area contributed by atoms with Gasteiger partial charge in [-0.15, -0.1) is 11.3 Å². The van der Waals surface area contributed by atoms with Gasteiger partial charge in [0.05, 0.1) is 23.9 Å². The van der Waals surface area contributed by atoms with Crippen LogP contribution in [0.3, 0.4) is 0 Å². The molecule has 1 aliphatic rings. The molecular formula is C20H23N3OS. The lowest BCUT2D eigenvalue weighted by molar-refractivity contribution is 0.122. The Hall–Kier alpha value is -1.95. The molecule has 1 saturated heterocycles. The molecule has 0 N–H and O–H groups in total. The Bertz CT molecular complexity index is 807. The highest BCUT2D eigenvalue weighted by molar-refractivity contribution is 7.18. The van der Waals surface area contributed by atoms with Crippen molar-refractivity contribution in [3.05, 3.63) is 59.1 Å². The summed E-state index contributed by atoms with van der Waals surface area (Å²) >= 11 is 1.82. The van der Waals surface area contributed by atoms with Gasteiger partial charge in [0, 0.05) is 32.7 Å². The van der Waals surface area contributed by atoms with E-state index in [-0.39, 0.29) is 0 Å². The number of piperazine rings is 1. The first-order valence-corrected chi connectivity index (χ1v) is 9.54. The summed E-state index contributed by atoms with van der Waals surface area (Å²) in [7, 11) is 1.72. The number of hydrogen-bond donors (Lipinski definition) is 0. The van der Waals surface area contributed by atoms with Gasteiger partial charge in [0.25, 0.3) is 0 Å². The number of thiazole rings is 1. The summed E-state index contributed by atoms with van der Waals surface area (Å²) in [5.74, 6) is 0.937. The zero-order valence-electron chi connectivity index (χ0n) is 14.5. The third-order valence-corrected chi connectivity index (χ3v) is 5.72. The third-order valence-electron chi connectivity index (χ3n) is 4.70. The molecule has 2 heterocycles. The Morgan fingerprint density at radius 3 is 2.48 bits per heavy atom. The van der Waals surface area contributed by atoms with E-state index in [2.05, 4.69) is 52.3 Å². The van der Waals surface area contributed by atoms with E-state index in [0.717, 1.165) is 50.5 Å². The lowest BCUT2D eigenvalue weighted by Gasteiger charge is -2.34. The molecule has 2 aromatic carbocycles. The van der Waals surface area contributed by atoms with Crippen molar-refractivity contribution >= 4 is 21.6 Å². The number of ether oxygens (including phenoxy) is 1. The summed E-state index contributed by atoms with van der Waals surface area (Å²) < 4.78 is 6.61. The summed E-state index contributed by atoms with van der Waals surface area (Å²) in [5.41, 5.74) is 2.44. The SMILES string of the molecule is COc1cccc(CN2CCN(Cc3nc4ccccc4s3)CC2)c1. The van der Waals surface area contributed by atoms with Crippen molar-refractivity contribution in [3.8, 4) is 5.75 Å². The van der Waals surface area contributed by atoms with Crippen molar-refractivity contribution < 1.29 is 4.74 Å². The van der Waals surface area contributed by atoms with Crippen LogP contribution in [0, 0.1) is 0 Å². The van der Waals surface area contributed by atoms with E-state index in [1.54, 1.807) is 7.11 Å². The van der Waals surface area contributed by atoms with Crippen molar-refractivity contribution in [2.45, 2.75) is 13.1 Å². The van der Waals surface area contributed by atoms with E-state index < -0.39 is 0 Å². The summed E-state index contributed by atoms with van der Waals surface area (Å²) in [4.78, 5) is 9.79. The molecule has 3 aromatic rings. The molecule has 1 aromatic heterocycles. The molecule has 0 amide bonds. The Kier molecular flexibility index (Phi) is 4.97. The highest BCUT2D eigenvalue weighted by atomic mass is 32.1. The highest BCUT2D eigenvalue weighted by Gasteiger charge is 2.18. The number of nitrogens with zero attached hydrogens (tertiary/aromatic N) is 3. The van der Waals surface area contributed by atoms with Crippen molar-refractivity contribution in [2.24, 2.45) is 0 Å². The van der Waals surface area contributed by atoms with Crippen LogP contribution in [0.5, 0.6) is 5.75 Å². The Morgan fingerprint density at radius 1 is 0.960 bits per heavy atom. The van der Waals surface area contributed by atoms with Crippen LogP contribution in [0.2, 0.25) is 0 Å². The Labute approximate surface area is 152 Å². The van der Waals surface area contributed by atoms with Crippen molar-refractivity contribution in [2.75, 3.05) is 33.3 Å². The second-order valence-corrected chi connectivity index (χ2v) is 7.59. The molecule has 0 atom stereocenters. The van der Waals surface area contributed by atoms with Crippen LogP contribution in [0.25, 0.3) is 10.2 Å². The van der Waals surface area contributed by atoms with Crippen molar-refractivity contribution in [3.63, 3.8) is 0 Å². The number of para-hydroxylation sites is 1. The monoisotopic (exact) mass is 353 g/mol. The Morgan fingerprint density at radius 2 is 1.72 bits per heavy atom. The molecule has 130 valence electrons. The van der Waals surface area contributed by atoms with Gasteiger partial charge in [0.15, 0.2) is 0 Å². The van der Waals surface area contributed by atoms with Crippen LogP contribution in [-0.4, -0.2) is 48.1 Å². The average Bonchev–Trinajstić information content (AvgIpc) is 3.06. The summed E-state index contributed by atoms with van der Waals surface area (Å²) in [6.07, 6.45) is 0. The zero-order chi connectivity index (χ0) is 17.1. The van der Waals surface area contributed by atoms with E-state index in [0.29, 0.717) is 0 Å². The Balaban J connectivity index is 1.31. The van der Waals surface area contributed by atoms with Crippen LogP contribution in [0.15, 0.2) is 48.5 Å². The molecule has 0 aliphatic carbocycles. The van der Waals surface area contributed by atoms with Gasteiger partial charge >= 0.3 is 0 Å². The van der Waals surface area contributed by atoms with Crippen LogP contribution in [-0.2, 0) is 13.1 Å². The maximum absolute atomic E-state index is 5.32. The largest absolute Gasteiger partial charge is 0.497 e. The summed E-state index contributed by atoms with van der Waals surface area (Å²) in [5, 5.41) is 1.22. The second-order valence-electron chi connectivity index (χ2n) is 6.48. The van der Waals surface area contributed by atoms with Gasteiger partial charge in [0.1, 0.15) is 10.8 Å². The minimum atomic E-state index is 0.937. The van der Waals surface area contributed by atoms with Crippen LogP contribution in [0.1, 0.15) is 10.6 Å². The fraction of sp³-hybridized carbons (Fsp3) is 0.350. The second kappa shape index (κ2) is 7.52. The normalized spacial score (nSPS) is 16.4. The number of benzene rings is 2. The number of rotatable bonds is 5. The van der Waals surface area contributed by atoms with E-state index in [4.69, 9.17) is 9.72 Å². The molecule has 0 spiro atoms. The number of hydrogen-bond acceptors (Lipinski definition) is 5. The molecule has 0 saturated carbocycles. The summed E-state index contributed by atoms with van der Waals surface area (Å²) in [6, 6.07) is 16.8. The minimum Gasteiger partial charge on any atom is -0.497 e. The molecule has 4 nitrogen and oxygen atoms in total. The summed E-state index contributed by atoms with van der Waals surface area (Å²) in [6.45, 7) is 6.35. The topological polar surface area (TPSA) is 28.6 Å². The molecule has 1 fully saturated rings. The van der Waals surface area contributed by atoms with Crippen LogP contribution in [0.4, 0.5) is 0 Å². The standard InChI is InChI=1S/C20H23N3OS/c1-24-17-6-4-5-16(13-17)14-22-9-11-23(12-10-22)15-20-21-18-7-2-3-8-19(18)25-20/h2-8,13H,9-12,14-15H2,1H3. The number of methoxy groups -OCH3 is 1. The van der Waals surface area contributed by atoms with Crippen LogP contribution >= 0.6 is 11.3 Å². The molecule has 0 unspecified atom stereocenters. The van der Waals surface area contributed by atoms with Gasteiger partial charge in [-0.3, -0.25) is 9.80 Å². The smallest absolute Gasteiger partial charge is 0.119 e. The minimum absolute atomic E-state index is 0.937. The fourth-order valence-corrected chi connectivity index (χ4v) is 4.32.